The summed E-state index contributed by atoms with van der Waals surface area (Å²) in [5.41, 5.74) is 5.20. The summed E-state index contributed by atoms with van der Waals surface area (Å²) < 4.78 is 46.8. The molecule has 0 bridgehead atoms. The molecule has 0 aliphatic carbocycles. The highest BCUT2D eigenvalue weighted by atomic mass is 19.4. The Kier molecular flexibility index (Phi) is 6.23. The van der Waals surface area contributed by atoms with Crippen molar-refractivity contribution in [3.63, 3.8) is 0 Å². The number of ether oxygens (including phenoxy) is 2. The first-order valence-electron chi connectivity index (χ1n) is 8.94. The van der Waals surface area contributed by atoms with Crippen molar-refractivity contribution in [2.45, 2.75) is 38.2 Å². The molecule has 1 N–H and O–H groups in total. The van der Waals surface area contributed by atoms with Crippen LogP contribution < -0.4 is 14.9 Å². The molecule has 2 aromatic rings. The molecule has 2 aromatic carbocycles. The first kappa shape index (κ1) is 19.5. The summed E-state index contributed by atoms with van der Waals surface area (Å²) in [6, 6.07) is 14.6. The second-order valence-corrected chi connectivity index (χ2v) is 6.47. The van der Waals surface area contributed by atoms with Crippen molar-refractivity contribution < 1.29 is 22.6 Å². The summed E-state index contributed by atoms with van der Waals surface area (Å²) in [6.45, 7) is 1.22. The number of halogens is 3. The van der Waals surface area contributed by atoms with Gasteiger partial charge in [-0.1, -0.05) is 36.8 Å². The zero-order valence-electron chi connectivity index (χ0n) is 15.1. The Morgan fingerprint density at radius 3 is 2.59 bits per heavy atom. The number of methoxy groups -OCH3 is 1. The third kappa shape index (κ3) is 5.37. The maximum absolute atomic E-state index is 12.5. The van der Waals surface area contributed by atoms with Gasteiger partial charge in [-0.2, -0.15) is 0 Å². The molecule has 0 radical (unpaired) electrons. The summed E-state index contributed by atoms with van der Waals surface area (Å²) in [6.07, 6.45) is -1.46. The van der Waals surface area contributed by atoms with Crippen LogP contribution in [0.15, 0.2) is 48.5 Å². The summed E-state index contributed by atoms with van der Waals surface area (Å²) in [4.78, 5) is 0. The van der Waals surface area contributed by atoms with Crippen LogP contribution in [0.4, 0.5) is 13.2 Å². The van der Waals surface area contributed by atoms with Gasteiger partial charge in [-0.05, 0) is 36.6 Å². The van der Waals surface area contributed by atoms with E-state index < -0.39 is 6.36 Å². The lowest BCUT2D eigenvalue weighted by Crippen LogP contribution is -2.43. The van der Waals surface area contributed by atoms with Gasteiger partial charge < -0.3 is 9.47 Å². The van der Waals surface area contributed by atoms with Crippen molar-refractivity contribution in [3.8, 4) is 11.5 Å². The molecule has 0 aromatic heterocycles. The summed E-state index contributed by atoms with van der Waals surface area (Å²) in [5.74, 6) is 0.267. The third-order valence-electron chi connectivity index (χ3n) is 4.65. The predicted octanol–water partition coefficient (Wildman–Crippen LogP) is 4.83. The van der Waals surface area contributed by atoms with Crippen molar-refractivity contribution in [3.05, 3.63) is 59.7 Å². The number of hydrazine groups is 1. The van der Waals surface area contributed by atoms with Crippen LogP contribution >= 0.6 is 0 Å². The lowest BCUT2D eigenvalue weighted by molar-refractivity contribution is -0.274. The Morgan fingerprint density at radius 2 is 1.89 bits per heavy atom. The number of piperidine rings is 1. The molecule has 4 nitrogen and oxygen atoms in total. The molecule has 7 heteroatoms. The Morgan fingerprint density at radius 1 is 1.11 bits per heavy atom. The fraction of sp³-hybridized carbons (Fsp3) is 0.400. The molecule has 1 fully saturated rings. The molecule has 3 rings (SSSR count). The van der Waals surface area contributed by atoms with E-state index in [0.717, 1.165) is 25.8 Å². The number of nitrogens with zero attached hydrogens (tertiary/aromatic N) is 1. The zero-order valence-corrected chi connectivity index (χ0v) is 15.1. The van der Waals surface area contributed by atoms with Crippen LogP contribution in [0.5, 0.6) is 11.5 Å². The van der Waals surface area contributed by atoms with E-state index in [-0.39, 0.29) is 11.8 Å². The molecule has 0 amide bonds. The lowest BCUT2D eigenvalue weighted by Gasteiger charge is -2.36. The van der Waals surface area contributed by atoms with Gasteiger partial charge in [-0.15, -0.1) is 13.2 Å². The molecule has 1 atom stereocenters. The highest BCUT2D eigenvalue weighted by Gasteiger charge is 2.31. The molecular weight excluding hydrogens is 357 g/mol. The van der Waals surface area contributed by atoms with E-state index in [9.17, 15) is 13.2 Å². The minimum atomic E-state index is -4.72. The van der Waals surface area contributed by atoms with Crippen LogP contribution in [-0.4, -0.2) is 25.0 Å². The van der Waals surface area contributed by atoms with Crippen LogP contribution in [-0.2, 0) is 6.54 Å². The second kappa shape index (κ2) is 8.63. The quantitative estimate of drug-likeness (QED) is 0.779. The Balaban J connectivity index is 1.73. The minimum Gasteiger partial charge on any atom is -0.496 e. The molecular formula is C20H23F3N2O2. The number of nitrogens with one attached hydrogen (secondary N) is 1. The molecule has 27 heavy (non-hydrogen) atoms. The molecule has 1 aliphatic rings. The van der Waals surface area contributed by atoms with E-state index in [2.05, 4.69) is 27.3 Å². The van der Waals surface area contributed by atoms with E-state index in [1.165, 1.54) is 30.9 Å². The van der Waals surface area contributed by atoms with Crippen molar-refractivity contribution in [1.82, 2.24) is 10.4 Å². The molecule has 0 saturated carbocycles. The van der Waals surface area contributed by atoms with Crippen molar-refractivity contribution >= 4 is 0 Å². The number of benzene rings is 2. The van der Waals surface area contributed by atoms with Gasteiger partial charge in [0, 0.05) is 24.7 Å². The Hall–Kier alpha value is -2.25. The maximum Gasteiger partial charge on any atom is 0.573 e. The Labute approximate surface area is 156 Å². The van der Waals surface area contributed by atoms with Crippen LogP contribution in [0.3, 0.4) is 0 Å². The van der Waals surface area contributed by atoms with Crippen LogP contribution in [0.25, 0.3) is 0 Å². The monoisotopic (exact) mass is 380 g/mol. The number of rotatable bonds is 6. The molecule has 1 aliphatic heterocycles. The van der Waals surface area contributed by atoms with E-state index >= 15 is 0 Å². The van der Waals surface area contributed by atoms with Gasteiger partial charge in [0.05, 0.1) is 7.11 Å². The lowest BCUT2D eigenvalue weighted by atomic mass is 9.97. The predicted molar refractivity (Wildman–Crippen MR) is 96.3 cm³/mol. The normalized spacial score (nSPS) is 18.3. The van der Waals surface area contributed by atoms with E-state index in [0.29, 0.717) is 17.9 Å². The highest BCUT2D eigenvalue weighted by Crippen LogP contribution is 2.31. The fourth-order valence-corrected chi connectivity index (χ4v) is 3.42. The van der Waals surface area contributed by atoms with Gasteiger partial charge >= 0.3 is 6.36 Å². The van der Waals surface area contributed by atoms with Gasteiger partial charge in [-0.3, -0.25) is 5.43 Å². The van der Waals surface area contributed by atoms with Crippen LogP contribution in [0, 0.1) is 0 Å². The average molecular weight is 380 g/mol. The van der Waals surface area contributed by atoms with Gasteiger partial charge in [0.15, 0.2) is 0 Å². The van der Waals surface area contributed by atoms with Gasteiger partial charge in [-0.25, -0.2) is 5.01 Å². The van der Waals surface area contributed by atoms with Crippen molar-refractivity contribution in [2.24, 2.45) is 0 Å². The fourth-order valence-electron chi connectivity index (χ4n) is 3.42. The molecule has 1 unspecified atom stereocenters. The first-order chi connectivity index (χ1) is 13.0. The third-order valence-corrected chi connectivity index (χ3v) is 4.65. The maximum atomic E-state index is 12.5. The smallest absolute Gasteiger partial charge is 0.496 e. The number of alkyl halides is 3. The van der Waals surface area contributed by atoms with Crippen molar-refractivity contribution in [1.29, 1.82) is 0 Å². The Bertz CT molecular complexity index is 738. The zero-order chi connectivity index (χ0) is 19.3. The molecule has 146 valence electrons. The van der Waals surface area contributed by atoms with E-state index in [4.69, 9.17) is 4.74 Å². The summed E-state index contributed by atoms with van der Waals surface area (Å²) >= 11 is 0. The topological polar surface area (TPSA) is 33.7 Å². The first-order valence-corrected chi connectivity index (χ1v) is 8.94. The minimum absolute atomic E-state index is 0.237. The highest BCUT2D eigenvalue weighted by molar-refractivity contribution is 5.40. The molecule has 1 saturated heterocycles. The van der Waals surface area contributed by atoms with Gasteiger partial charge in [0.2, 0.25) is 0 Å². The second-order valence-electron chi connectivity index (χ2n) is 6.47. The number of hydrogen-bond donors (Lipinski definition) is 1. The van der Waals surface area contributed by atoms with E-state index in [1.54, 1.807) is 0 Å². The average Bonchev–Trinajstić information content (AvgIpc) is 2.66. The SMILES string of the molecule is COc1ccc(OC(F)(F)F)cc1CNN1CCCCC1c1ccccc1. The summed E-state index contributed by atoms with van der Waals surface area (Å²) in [7, 11) is 1.50. The van der Waals surface area contributed by atoms with Crippen LogP contribution in [0.2, 0.25) is 0 Å². The van der Waals surface area contributed by atoms with Gasteiger partial charge in [0.1, 0.15) is 11.5 Å². The number of hydrogen-bond acceptors (Lipinski definition) is 4. The standard InChI is InChI=1S/C20H23F3N2O2/c1-26-19-11-10-17(27-20(21,22)23)13-16(19)14-24-25-12-6-5-9-18(25)15-7-3-2-4-8-15/h2-4,7-8,10-11,13,18,24H,5-6,9,12,14H2,1H3. The van der Waals surface area contributed by atoms with E-state index in [1.807, 2.05) is 18.2 Å². The molecule has 1 heterocycles. The van der Waals surface area contributed by atoms with Crippen LogP contribution in [0.1, 0.15) is 36.4 Å². The largest absolute Gasteiger partial charge is 0.573 e. The molecule has 0 spiro atoms. The van der Waals surface area contributed by atoms with Crippen molar-refractivity contribution in [2.75, 3.05) is 13.7 Å². The summed E-state index contributed by atoms with van der Waals surface area (Å²) in [5, 5.41) is 2.16. The van der Waals surface area contributed by atoms with Gasteiger partial charge in [0.25, 0.3) is 0 Å².